The highest BCUT2D eigenvalue weighted by atomic mass is 35.7. The zero-order chi connectivity index (χ0) is 25.0. The normalized spacial score (nSPS) is 18.9. The van der Waals surface area contributed by atoms with Crippen molar-refractivity contribution in [2.75, 3.05) is 7.11 Å². The van der Waals surface area contributed by atoms with Gasteiger partial charge in [-0.05, 0) is 58.1 Å². The van der Waals surface area contributed by atoms with Crippen molar-refractivity contribution < 1.29 is 28.1 Å². The molecule has 1 aliphatic heterocycles. The molecule has 4 unspecified atom stereocenters. The van der Waals surface area contributed by atoms with Crippen LogP contribution in [0.3, 0.4) is 0 Å². The molecule has 2 amide bonds. The van der Waals surface area contributed by atoms with E-state index in [4.69, 9.17) is 20.2 Å². The Labute approximate surface area is 204 Å². The van der Waals surface area contributed by atoms with Crippen LogP contribution in [0.5, 0.6) is 5.75 Å². The first-order chi connectivity index (χ1) is 16.1. The predicted molar refractivity (Wildman–Crippen MR) is 129 cm³/mol. The number of carbonyl (C=O) groups is 3. The number of fused-ring (bicyclic) bond motifs is 1. The molecule has 2 aliphatic carbocycles. The van der Waals surface area contributed by atoms with Crippen LogP contribution in [0.4, 0.5) is 0 Å². The first-order valence-electron chi connectivity index (χ1n) is 10.4. The van der Waals surface area contributed by atoms with Crippen LogP contribution >= 0.6 is 10.7 Å². The zero-order valence-electron chi connectivity index (χ0n) is 18.9. The van der Waals surface area contributed by atoms with E-state index >= 15 is 0 Å². The van der Waals surface area contributed by atoms with Crippen molar-refractivity contribution in [3.63, 3.8) is 0 Å². The first-order valence-corrected chi connectivity index (χ1v) is 12.4. The van der Waals surface area contributed by atoms with Gasteiger partial charge in [0.2, 0.25) is 11.8 Å². The second kappa shape index (κ2) is 10.8. The van der Waals surface area contributed by atoms with Gasteiger partial charge >= 0.3 is 5.97 Å². The lowest BCUT2D eigenvalue weighted by Crippen LogP contribution is -2.74. The minimum absolute atomic E-state index is 0.0294. The van der Waals surface area contributed by atoms with E-state index in [1.54, 1.807) is 38.3 Å². The molecule has 0 radical (unpaired) electrons. The Hall–Kier alpha value is -3.17. The molecule has 0 aromatic heterocycles. The topological polar surface area (TPSA) is 102 Å². The van der Waals surface area contributed by atoms with E-state index in [-0.39, 0.29) is 6.61 Å². The number of halogens is 1. The quantitative estimate of drug-likeness (QED) is 0.219. The Balaban J connectivity index is 0.000000457. The van der Waals surface area contributed by atoms with Gasteiger partial charge in [0.15, 0.2) is 11.4 Å². The lowest BCUT2D eigenvalue weighted by Gasteiger charge is -2.48. The number of nitrogens with zero attached hydrogens (tertiary/aromatic N) is 1. The molecule has 0 spiro atoms. The van der Waals surface area contributed by atoms with Crippen LogP contribution in [0.15, 0.2) is 60.7 Å². The predicted octanol–water partition coefficient (Wildman–Crippen LogP) is 2.93. The number of likely N-dealkylation sites (tertiary alicyclic amines) is 1. The number of ether oxygens (including phenoxy) is 2. The molecule has 1 saturated heterocycles. The van der Waals surface area contributed by atoms with E-state index in [0.29, 0.717) is 11.3 Å². The first kappa shape index (κ1) is 25.5. The monoisotopic (exact) mass is 504 g/mol. The van der Waals surface area contributed by atoms with E-state index in [0.717, 1.165) is 10.5 Å². The lowest BCUT2D eigenvalue weighted by atomic mass is 9.99. The van der Waals surface area contributed by atoms with Crippen molar-refractivity contribution >= 4 is 38.5 Å². The summed E-state index contributed by atoms with van der Waals surface area (Å²) in [6.07, 6.45) is 0. The summed E-state index contributed by atoms with van der Waals surface area (Å²) >= 11 is 0. The van der Waals surface area contributed by atoms with Gasteiger partial charge in [-0.2, -0.15) is 0 Å². The Morgan fingerprint density at radius 1 is 1.18 bits per heavy atom. The van der Waals surface area contributed by atoms with Gasteiger partial charge in [-0.25, -0.2) is 9.00 Å². The molecule has 1 heterocycles. The highest BCUT2D eigenvalue weighted by Crippen LogP contribution is 2.33. The Bertz CT molecular complexity index is 1120. The average Bonchev–Trinajstić information content (AvgIpc) is 3.40. The molecule has 34 heavy (non-hydrogen) atoms. The fraction of sp³-hybridized carbons (Fsp3) is 0.292. The van der Waals surface area contributed by atoms with Crippen molar-refractivity contribution in [1.82, 2.24) is 10.2 Å². The van der Waals surface area contributed by atoms with Crippen LogP contribution in [0, 0.1) is 0 Å². The minimum Gasteiger partial charge on any atom is -0.497 e. The summed E-state index contributed by atoms with van der Waals surface area (Å²) in [7, 11) is 5.23. The van der Waals surface area contributed by atoms with Gasteiger partial charge < -0.3 is 19.7 Å². The molecule has 10 heteroatoms. The Morgan fingerprint density at radius 3 is 2.21 bits per heavy atom. The standard InChI is InChI=1S/C18H21ClN2O6S.C6H4/c1-10(2)15(18(24)27-9-12-5-7-13(26-4)8-6-12)21-16(23)14(20-11(3)22)17(21)28(19)25;1-2-5-4-6(5)3-1/h5-8,14-15,17H,1,9H2,2-4H3,(H,20,22);1-4H. The van der Waals surface area contributed by atoms with Gasteiger partial charge in [-0.1, -0.05) is 36.9 Å². The van der Waals surface area contributed by atoms with Gasteiger partial charge in [0.1, 0.15) is 28.4 Å². The van der Waals surface area contributed by atoms with Gasteiger partial charge in [0.25, 0.3) is 0 Å². The number of β-lactam (4-membered cyclic amide) rings is 1. The van der Waals surface area contributed by atoms with Crippen molar-refractivity contribution in [1.29, 1.82) is 0 Å². The molecule has 3 aliphatic rings. The molecule has 1 aromatic carbocycles. The molecule has 180 valence electrons. The van der Waals surface area contributed by atoms with Crippen LogP contribution in [-0.2, 0) is 35.7 Å². The highest BCUT2D eigenvalue weighted by Gasteiger charge is 2.56. The number of nitrogens with one attached hydrogen (secondary N) is 1. The third-order valence-corrected chi connectivity index (χ3v) is 6.68. The molecule has 1 N–H and O–H groups in total. The number of esters is 1. The number of hydrogen-bond acceptors (Lipinski definition) is 6. The summed E-state index contributed by atoms with van der Waals surface area (Å²) in [6.45, 7) is 6.48. The van der Waals surface area contributed by atoms with E-state index in [1.165, 1.54) is 18.1 Å². The summed E-state index contributed by atoms with van der Waals surface area (Å²) in [6, 6.07) is 13.2. The zero-order valence-corrected chi connectivity index (χ0v) is 20.5. The number of benzene rings is 2. The van der Waals surface area contributed by atoms with Gasteiger partial charge in [-0.15, -0.1) is 0 Å². The number of carbonyl (C=O) groups excluding carboxylic acids is 3. The second-order valence-corrected chi connectivity index (χ2v) is 9.74. The SMILES string of the molecule is C=C(C)C(C(=O)OCc1ccc(OC)cc1)N1C(=O)C(NC(C)=O)C1S(=O)Cl.c1cc2cc-2c1. The molecule has 0 bridgehead atoms. The largest absolute Gasteiger partial charge is 0.497 e. The molecular formula is C24H25ClN2O6S. The molecular weight excluding hydrogens is 480 g/mol. The third-order valence-electron chi connectivity index (χ3n) is 5.25. The Morgan fingerprint density at radius 2 is 1.79 bits per heavy atom. The Kier molecular flexibility index (Phi) is 8.11. The van der Waals surface area contributed by atoms with Crippen molar-refractivity contribution in [3.05, 3.63) is 66.2 Å². The smallest absolute Gasteiger partial charge is 0.333 e. The fourth-order valence-corrected chi connectivity index (χ4v) is 4.86. The van der Waals surface area contributed by atoms with Crippen LogP contribution in [-0.4, -0.2) is 51.5 Å². The van der Waals surface area contributed by atoms with Crippen molar-refractivity contribution in [3.8, 4) is 16.9 Å². The maximum atomic E-state index is 12.6. The van der Waals surface area contributed by atoms with Crippen LogP contribution < -0.4 is 10.1 Å². The second-order valence-electron chi connectivity index (χ2n) is 7.85. The van der Waals surface area contributed by atoms with E-state index in [2.05, 4.69) is 36.2 Å². The molecule has 1 aromatic rings. The minimum atomic E-state index is -2.02. The summed E-state index contributed by atoms with van der Waals surface area (Å²) in [5, 5.41) is 1.33. The number of amides is 2. The molecule has 1 fully saturated rings. The average molecular weight is 505 g/mol. The summed E-state index contributed by atoms with van der Waals surface area (Å²) in [5.41, 5.74) is 3.89. The van der Waals surface area contributed by atoms with Gasteiger partial charge in [0.05, 0.1) is 7.11 Å². The van der Waals surface area contributed by atoms with Gasteiger partial charge in [-0.3, -0.25) is 9.59 Å². The van der Waals surface area contributed by atoms with E-state index < -0.39 is 45.3 Å². The summed E-state index contributed by atoms with van der Waals surface area (Å²) in [5.74, 6) is -1.12. The van der Waals surface area contributed by atoms with Crippen LogP contribution in [0.1, 0.15) is 19.4 Å². The number of methoxy groups -OCH3 is 1. The van der Waals surface area contributed by atoms with Crippen molar-refractivity contribution in [2.45, 2.75) is 37.9 Å². The third kappa shape index (κ3) is 5.84. The molecule has 4 atom stereocenters. The maximum Gasteiger partial charge on any atom is 0.333 e. The molecule has 0 saturated carbocycles. The maximum absolute atomic E-state index is 12.6. The lowest BCUT2D eigenvalue weighted by molar-refractivity contribution is -0.163. The number of hydrogen-bond donors (Lipinski definition) is 1. The van der Waals surface area contributed by atoms with E-state index in [9.17, 15) is 18.6 Å². The van der Waals surface area contributed by atoms with Crippen LogP contribution in [0.25, 0.3) is 11.1 Å². The summed E-state index contributed by atoms with van der Waals surface area (Å²) < 4.78 is 22.3. The molecule has 8 nitrogen and oxygen atoms in total. The fourth-order valence-electron chi connectivity index (χ4n) is 3.49. The van der Waals surface area contributed by atoms with E-state index in [1.807, 2.05) is 0 Å². The molecule has 4 rings (SSSR count). The van der Waals surface area contributed by atoms with Crippen molar-refractivity contribution in [2.24, 2.45) is 0 Å². The van der Waals surface area contributed by atoms with Gasteiger partial charge in [0, 0.05) is 6.92 Å². The van der Waals surface area contributed by atoms with Crippen LogP contribution in [0.2, 0.25) is 0 Å². The highest BCUT2D eigenvalue weighted by molar-refractivity contribution is 8.08. The number of rotatable bonds is 8. The summed E-state index contributed by atoms with van der Waals surface area (Å²) in [4.78, 5) is 37.4.